The van der Waals surface area contributed by atoms with Crippen LogP contribution < -0.4 is 5.73 Å². The molecule has 2 N–H and O–H groups in total. The van der Waals surface area contributed by atoms with E-state index in [1.54, 1.807) is 6.92 Å². The molecule has 15 heavy (non-hydrogen) atoms. The second-order valence-corrected chi connectivity index (χ2v) is 3.89. The molecule has 2 unspecified atom stereocenters. The average molecular weight is 216 g/mol. The lowest BCUT2D eigenvalue weighted by atomic mass is 10.2. The predicted octanol–water partition coefficient (Wildman–Crippen LogP) is 0.997. The van der Waals surface area contributed by atoms with Crippen LogP contribution in [-0.4, -0.2) is 43.2 Å². The zero-order chi connectivity index (χ0) is 11.8. The van der Waals surface area contributed by atoms with Crippen molar-refractivity contribution in [2.24, 2.45) is 5.73 Å². The molecule has 0 saturated carbocycles. The molecule has 0 aliphatic rings. The van der Waals surface area contributed by atoms with Crippen molar-refractivity contribution in [1.82, 2.24) is 4.90 Å². The minimum absolute atomic E-state index is 0.296. The van der Waals surface area contributed by atoms with E-state index in [9.17, 15) is 4.79 Å². The first-order valence-electron chi connectivity index (χ1n) is 5.65. The SMILES string of the molecule is CCOC(=O)C(N)CCN(C)C(C)CC. The van der Waals surface area contributed by atoms with Crippen LogP contribution in [0.3, 0.4) is 0 Å². The third-order valence-corrected chi connectivity index (χ3v) is 2.73. The number of ether oxygens (including phenoxy) is 1. The van der Waals surface area contributed by atoms with Crippen LogP contribution in [0.25, 0.3) is 0 Å². The molecule has 0 heterocycles. The number of hydrogen-bond donors (Lipinski definition) is 1. The van der Waals surface area contributed by atoms with Crippen molar-refractivity contribution in [1.29, 1.82) is 0 Å². The lowest BCUT2D eigenvalue weighted by Crippen LogP contribution is -2.38. The first kappa shape index (κ1) is 14.4. The van der Waals surface area contributed by atoms with E-state index in [0.29, 0.717) is 19.1 Å². The van der Waals surface area contributed by atoms with Gasteiger partial charge in [-0.3, -0.25) is 4.79 Å². The van der Waals surface area contributed by atoms with Crippen molar-refractivity contribution in [2.45, 2.75) is 45.7 Å². The molecule has 2 atom stereocenters. The van der Waals surface area contributed by atoms with Crippen molar-refractivity contribution in [3.8, 4) is 0 Å². The largest absolute Gasteiger partial charge is 0.465 e. The first-order chi connectivity index (χ1) is 7.02. The van der Waals surface area contributed by atoms with Gasteiger partial charge >= 0.3 is 5.97 Å². The molecule has 0 spiro atoms. The zero-order valence-electron chi connectivity index (χ0n) is 10.3. The second kappa shape index (κ2) is 7.65. The minimum Gasteiger partial charge on any atom is -0.465 e. The summed E-state index contributed by atoms with van der Waals surface area (Å²) in [6, 6.07) is 0.0378. The summed E-state index contributed by atoms with van der Waals surface area (Å²) in [6.07, 6.45) is 1.75. The summed E-state index contributed by atoms with van der Waals surface area (Å²) in [4.78, 5) is 13.4. The van der Waals surface area contributed by atoms with Crippen molar-refractivity contribution >= 4 is 5.97 Å². The Morgan fingerprint density at radius 2 is 2.07 bits per heavy atom. The van der Waals surface area contributed by atoms with Gasteiger partial charge in [-0.25, -0.2) is 0 Å². The maximum absolute atomic E-state index is 11.2. The highest BCUT2D eigenvalue weighted by Gasteiger charge is 2.16. The van der Waals surface area contributed by atoms with Gasteiger partial charge in [0.25, 0.3) is 0 Å². The molecule has 0 aromatic heterocycles. The number of carbonyl (C=O) groups excluding carboxylic acids is 1. The molecule has 0 radical (unpaired) electrons. The molecule has 0 bridgehead atoms. The van der Waals surface area contributed by atoms with E-state index in [0.717, 1.165) is 13.0 Å². The van der Waals surface area contributed by atoms with E-state index >= 15 is 0 Å². The summed E-state index contributed by atoms with van der Waals surface area (Å²) in [5.41, 5.74) is 5.69. The Kier molecular flexibility index (Phi) is 7.34. The Hall–Kier alpha value is -0.610. The Morgan fingerprint density at radius 1 is 1.47 bits per heavy atom. The van der Waals surface area contributed by atoms with Crippen LogP contribution >= 0.6 is 0 Å². The monoisotopic (exact) mass is 216 g/mol. The zero-order valence-corrected chi connectivity index (χ0v) is 10.3. The van der Waals surface area contributed by atoms with Gasteiger partial charge in [0.15, 0.2) is 0 Å². The Balaban J connectivity index is 3.79. The molecule has 90 valence electrons. The van der Waals surface area contributed by atoms with Gasteiger partial charge in [0, 0.05) is 12.6 Å². The fraction of sp³-hybridized carbons (Fsp3) is 0.909. The van der Waals surface area contributed by atoms with E-state index < -0.39 is 6.04 Å². The van der Waals surface area contributed by atoms with E-state index in [2.05, 4.69) is 18.7 Å². The molecule has 0 amide bonds. The molecular weight excluding hydrogens is 192 g/mol. The molecule has 0 saturated heterocycles. The fourth-order valence-corrected chi connectivity index (χ4v) is 1.24. The summed E-state index contributed by atoms with van der Waals surface area (Å²) in [6.45, 7) is 7.32. The third kappa shape index (κ3) is 5.74. The summed E-state index contributed by atoms with van der Waals surface area (Å²) in [5, 5.41) is 0. The lowest BCUT2D eigenvalue weighted by Gasteiger charge is -2.24. The van der Waals surface area contributed by atoms with E-state index in [1.807, 2.05) is 7.05 Å². The van der Waals surface area contributed by atoms with Crippen LogP contribution in [0, 0.1) is 0 Å². The van der Waals surface area contributed by atoms with Crippen LogP contribution in [0.5, 0.6) is 0 Å². The smallest absolute Gasteiger partial charge is 0.322 e. The van der Waals surface area contributed by atoms with Gasteiger partial charge < -0.3 is 15.4 Å². The number of rotatable bonds is 7. The Labute approximate surface area is 92.8 Å². The third-order valence-electron chi connectivity index (χ3n) is 2.73. The molecule has 4 heteroatoms. The number of nitrogens with zero attached hydrogens (tertiary/aromatic N) is 1. The maximum atomic E-state index is 11.2. The number of nitrogens with two attached hydrogens (primary N) is 1. The standard InChI is InChI=1S/C11H24N2O2/c1-5-9(3)13(4)8-7-10(12)11(14)15-6-2/h9-10H,5-8,12H2,1-4H3. The van der Waals surface area contributed by atoms with Crippen LogP contribution in [0.2, 0.25) is 0 Å². The van der Waals surface area contributed by atoms with Gasteiger partial charge in [0.1, 0.15) is 6.04 Å². The van der Waals surface area contributed by atoms with Crippen LogP contribution in [0.1, 0.15) is 33.6 Å². The highest BCUT2D eigenvalue weighted by Crippen LogP contribution is 2.02. The summed E-state index contributed by atoms with van der Waals surface area (Å²) in [5.74, 6) is -0.296. The summed E-state index contributed by atoms with van der Waals surface area (Å²) >= 11 is 0. The number of hydrogen-bond acceptors (Lipinski definition) is 4. The van der Waals surface area contributed by atoms with Crippen molar-refractivity contribution in [2.75, 3.05) is 20.2 Å². The highest BCUT2D eigenvalue weighted by atomic mass is 16.5. The fourth-order valence-electron chi connectivity index (χ4n) is 1.24. The first-order valence-corrected chi connectivity index (χ1v) is 5.65. The van der Waals surface area contributed by atoms with Gasteiger partial charge in [-0.2, -0.15) is 0 Å². The highest BCUT2D eigenvalue weighted by molar-refractivity contribution is 5.75. The van der Waals surface area contributed by atoms with Crippen molar-refractivity contribution in [3.05, 3.63) is 0 Å². The van der Waals surface area contributed by atoms with Gasteiger partial charge in [-0.1, -0.05) is 6.92 Å². The maximum Gasteiger partial charge on any atom is 0.322 e. The van der Waals surface area contributed by atoms with E-state index in [-0.39, 0.29) is 5.97 Å². The van der Waals surface area contributed by atoms with E-state index in [1.165, 1.54) is 0 Å². The van der Waals surface area contributed by atoms with Gasteiger partial charge in [0.2, 0.25) is 0 Å². The average Bonchev–Trinajstić information content (AvgIpc) is 2.24. The molecule has 0 aromatic rings. The predicted molar refractivity (Wildman–Crippen MR) is 61.6 cm³/mol. The normalized spacial score (nSPS) is 15.1. The van der Waals surface area contributed by atoms with Crippen LogP contribution in [0.4, 0.5) is 0 Å². The topological polar surface area (TPSA) is 55.6 Å². The second-order valence-electron chi connectivity index (χ2n) is 3.89. The molecule has 0 aromatic carbocycles. The number of carbonyl (C=O) groups is 1. The quantitative estimate of drug-likeness (QED) is 0.645. The van der Waals surface area contributed by atoms with Crippen molar-refractivity contribution < 1.29 is 9.53 Å². The Morgan fingerprint density at radius 3 is 2.53 bits per heavy atom. The van der Waals surface area contributed by atoms with E-state index in [4.69, 9.17) is 10.5 Å². The van der Waals surface area contributed by atoms with Crippen LogP contribution in [0.15, 0.2) is 0 Å². The number of esters is 1. The lowest BCUT2D eigenvalue weighted by molar-refractivity contribution is -0.144. The van der Waals surface area contributed by atoms with Gasteiger partial charge in [-0.15, -0.1) is 0 Å². The van der Waals surface area contributed by atoms with Gasteiger partial charge in [-0.05, 0) is 33.7 Å². The molecule has 0 aliphatic heterocycles. The molecule has 0 fully saturated rings. The Bertz CT molecular complexity index is 185. The molecule has 0 aliphatic carbocycles. The van der Waals surface area contributed by atoms with Crippen molar-refractivity contribution in [3.63, 3.8) is 0 Å². The molecule has 0 rings (SSSR count). The summed E-state index contributed by atoms with van der Waals surface area (Å²) in [7, 11) is 2.05. The minimum atomic E-state index is -0.489. The molecular formula is C11H24N2O2. The molecule has 4 nitrogen and oxygen atoms in total. The summed E-state index contributed by atoms with van der Waals surface area (Å²) < 4.78 is 4.84. The van der Waals surface area contributed by atoms with Gasteiger partial charge in [0.05, 0.1) is 6.61 Å². The van der Waals surface area contributed by atoms with Crippen LogP contribution in [-0.2, 0) is 9.53 Å².